The van der Waals surface area contributed by atoms with Gasteiger partial charge in [-0.3, -0.25) is 4.79 Å². The molecule has 0 saturated heterocycles. The van der Waals surface area contributed by atoms with Crippen LogP contribution in [-0.4, -0.2) is 5.11 Å². The van der Waals surface area contributed by atoms with Gasteiger partial charge in [0.1, 0.15) is 17.1 Å². The summed E-state index contributed by atoms with van der Waals surface area (Å²) in [6.45, 7) is 0. The van der Waals surface area contributed by atoms with Crippen molar-refractivity contribution in [1.29, 1.82) is 0 Å². The Morgan fingerprint density at radius 3 is 2.83 bits per heavy atom. The third kappa shape index (κ3) is 1.84. The van der Waals surface area contributed by atoms with Gasteiger partial charge in [-0.25, -0.2) is 0 Å². The minimum Gasteiger partial charge on any atom is -0.508 e. The monoisotopic (exact) mass is 240 g/mol. The van der Waals surface area contributed by atoms with Gasteiger partial charge in [0.25, 0.3) is 0 Å². The van der Waals surface area contributed by atoms with E-state index in [9.17, 15) is 9.90 Å². The van der Waals surface area contributed by atoms with Gasteiger partial charge in [-0.1, -0.05) is 18.2 Å². The summed E-state index contributed by atoms with van der Waals surface area (Å²) < 4.78 is 5.68. The minimum absolute atomic E-state index is 0.0916. The van der Waals surface area contributed by atoms with Crippen LogP contribution < -0.4 is 5.43 Å². The fraction of sp³-hybridized carbons (Fsp3) is 0.133. The molecule has 0 radical (unpaired) electrons. The van der Waals surface area contributed by atoms with Gasteiger partial charge in [0, 0.05) is 17.7 Å². The molecular formula is C15H12O3. The first kappa shape index (κ1) is 10.8. The van der Waals surface area contributed by atoms with Crippen molar-refractivity contribution in [2.24, 2.45) is 0 Å². The summed E-state index contributed by atoms with van der Waals surface area (Å²) in [6.07, 6.45) is 8.03. The Kier molecular flexibility index (Phi) is 2.52. The van der Waals surface area contributed by atoms with Crippen molar-refractivity contribution in [1.82, 2.24) is 0 Å². The number of aromatic hydroxyl groups is 1. The minimum atomic E-state index is -0.0916. The molecule has 3 nitrogen and oxygen atoms in total. The predicted molar refractivity (Wildman–Crippen MR) is 70.5 cm³/mol. The third-order valence-electron chi connectivity index (χ3n) is 2.99. The van der Waals surface area contributed by atoms with E-state index in [1.165, 1.54) is 18.2 Å². The zero-order valence-corrected chi connectivity index (χ0v) is 9.72. The van der Waals surface area contributed by atoms with Gasteiger partial charge in [-0.05, 0) is 25.0 Å². The quantitative estimate of drug-likeness (QED) is 0.832. The number of fused-ring (bicyclic) bond motifs is 1. The van der Waals surface area contributed by atoms with Crippen molar-refractivity contribution >= 4 is 16.5 Å². The molecule has 2 aromatic rings. The maximum Gasteiger partial charge on any atom is 0.193 e. The number of phenolic OH excluding ortho intramolecular Hbond substituents is 1. The molecule has 0 amide bonds. The molecule has 90 valence electrons. The lowest BCUT2D eigenvalue weighted by atomic mass is 10.0. The maximum absolute atomic E-state index is 12.0. The summed E-state index contributed by atoms with van der Waals surface area (Å²) in [6, 6.07) is 6.03. The van der Waals surface area contributed by atoms with Crippen molar-refractivity contribution in [3.05, 3.63) is 58.5 Å². The number of hydrogen-bond acceptors (Lipinski definition) is 3. The van der Waals surface area contributed by atoms with Gasteiger partial charge in [0.05, 0.1) is 5.39 Å². The summed E-state index contributed by atoms with van der Waals surface area (Å²) in [7, 11) is 0. The van der Waals surface area contributed by atoms with E-state index >= 15 is 0 Å². The van der Waals surface area contributed by atoms with Crippen molar-refractivity contribution in [2.45, 2.75) is 12.8 Å². The van der Waals surface area contributed by atoms with Crippen LogP contribution in [0.5, 0.6) is 5.75 Å². The Hall–Kier alpha value is -2.29. The lowest BCUT2D eigenvalue weighted by Crippen LogP contribution is -2.01. The standard InChI is InChI=1S/C15H12O3/c16-11-6-7-12-13(17)9-14(18-15(12)8-11)10-4-2-1-3-5-10/h2,4-9,16H,1,3H2. The molecule has 1 aliphatic rings. The highest BCUT2D eigenvalue weighted by Crippen LogP contribution is 2.24. The number of allylic oxidation sites excluding steroid dienone is 4. The molecular weight excluding hydrogens is 228 g/mol. The lowest BCUT2D eigenvalue weighted by molar-refractivity contribution is 0.474. The van der Waals surface area contributed by atoms with Gasteiger partial charge in [0.2, 0.25) is 0 Å². The van der Waals surface area contributed by atoms with Crippen LogP contribution in [0.25, 0.3) is 16.5 Å². The summed E-state index contributed by atoms with van der Waals surface area (Å²) in [5.41, 5.74) is 1.24. The molecule has 1 heterocycles. The van der Waals surface area contributed by atoms with Gasteiger partial charge in [0.15, 0.2) is 5.43 Å². The van der Waals surface area contributed by atoms with E-state index in [1.54, 1.807) is 6.07 Å². The molecule has 1 N–H and O–H groups in total. The SMILES string of the molecule is O=c1cc(C2=CCCC=C2)oc2cc(O)ccc12. The van der Waals surface area contributed by atoms with Gasteiger partial charge >= 0.3 is 0 Å². The van der Waals surface area contributed by atoms with Crippen LogP contribution in [0.3, 0.4) is 0 Å². The Morgan fingerprint density at radius 1 is 1.17 bits per heavy atom. The molecule has 1 aromatic carbocycles. The summed E-state index contributed by atoms with van der Waals surface area (Å²) in [4.78, 5) is 12.0. The Morgan fingerprint density at radius 2 is 2.06 bits per heavy atom. The number of hydrogen-bond donors (Lipinski definition) is 1. The molecule has 0 spiro atoms. The summed E-state index contributed by atoms with van der Waals surface area (Å²) in [5, 5.41) is 9.92. The van der Waals surface area contributed by atoms with Gasteiger partial charge in [-0.15, -0.1) is 0 Å². The smallest absolute Gasteiger partial charge is 0.193 e. The van der Waals surface area contributed by atoms with Crippen LogP contribution in [0.4, 0.5) is 0 Å². The fourth-order valence-corrected chi connectivity index (χ4v) is 2.08. The highest BCUT2D eigenvalue weighted by atomic mass is 16.3. The second kappa shape index (κ2) is 4.18. The van der Waals surface area contributed by atoms with Crippen LogP contribution in [0.2, 0.25) is 0 Å². The molecule has 0 fully saturated rings. The second-order valence-electron chi connectivity index (χ2n) is 4.29. The molecule has 3 heteroatoms. The average Bonchev–Trinajstić information content (AvgIpc) is 2.39. The van der Waals surface area contributed by atoms with Crippen LogP contribution in [0.15, 0.2) is 51.7 Å². The number of benzene rings is 1. The zero-order chi connectivity index (χ0) is 12.5. The highest BCUT2D eigenvalue weighted by molar-refractivity contribution is 5.81. The van der Waals surface area contributed by atoms with Crippen molar-refractivity contribution in [3.8, 4) is 5.75 Å². The van der Waals surface area contributed by atoms with E-state index in [1.807, 2.05) is 12.2 Å². The van der Waals surface area contributed by atoms with E-state index in [-0.39, 0.29) is 11.2 Å². The maximum atomic E-state index is 12.0. The van der Waals surface area contributed by atoms with E-state index < -0.39 is 0 Å². The molecule has 18 heavy (non-hydrogen) atoms. The highest BCUT2D eigenvalue weighted by Gasteiger charge is 2.09. The summed E-state index contributed by atoms with van der Waals surface area (Å²) in [5.74, 6) is 0.644. The first-order valence-corrected chi connectivity index (χ1v) is 5.88. The average molecular weight is 240 g/mol. The number of rotatable bonds is 1. The first-order valence-electron chi connectivity index (χ1n) is 5.88. The van der Waals surface area contributed by atoms with E-state index in [0.29, 0.717) is 16.7 Å². The molecule has 1 aromatic heterocycles. The Bertz CT molecular complexity index is 720. The van der Waals surface area contributed by atoms with E-state index in [0.717, 1.165) is 18.4 Å². The Labute approximate surface area is 104 Å². The van der Waals surface area contributed by atoms with Crippen LogP contribution in [0, 0.1) is 0 Å². The number of phenols is 1. The molecule has 0 aliphatic heterocycles. The normalized spacial score (nSPS) is 14.8. The molecule has 1 aliphatic carbocycles. The zero-order valence-electron chi connectivity index (χ0n) is 9.72. The van der Waals surface area contributed by atoms with Crippen LogP contribution in [0.1, 0.15) is 18.6 Å². The van der Waals surface area contributed by atoms with E-state index in [4.69, 9.17) is 4.42 Å². The topological polar surface area (TPSA) is 50.4 Å². The van der Waals surface area contributed by atoms with Crippen molar-refractivity contribution < 1.29 is 9.52 Å². The summed E-state index contributed by atoms with van der Waals surface area (Å²) >= 11 is 0. The molecule has 0 unspecified atom stereocenters. The molecule has 0 bridgehead atoms. The van der Waals surface area contributed by atoms with Gasteiger partial charge in [-0.2, -0.15) is 0 Å². The third-order valence-corrected chi connectivity index (χ3v) is 2.99. The molecule has 0 atom stereocenters. The molecule has 3 rings (SSSR count). The van der Waals surface area contributed by atoms with Crippen LogP contribution >= 0.6 is 0 Å². The van der Waals surface area contributed by atoms with Crippen LogP contribution in [-0.2, 0) is 0 Å². The van der Waals surface area contributed by atoms with Crippen molar-refractivity contribution in [2.75, 3.05) is 0 Å². The second-order valence-corrected chi connectivity index (χ2v) is 4.29. The van der Waals surface area contributed by atoms with E-state index in [2.05, 4.69) is 6.08 Å². The molecule has 0 saturated carbocycles. The predicted octanol–water partition coefficient (Wildman–Crippen LogP) is 3.23. The largest absolute Gasteiger partial charge is 0.508 e. The lowest BCUT2D eigenvalue weighted by Gasteiger charge is -2.07. The Balaban J connectivity index is 2.23. The fourth-order valence-electron chi connectivity index (χ4n) is 2.08. The van der Waals surface area contributed by atoms with Gasteiger partial charge < -0.3 is 9.52 Å². The first-order chi connectivity index (χ1) is 8.74. The van der Waals surface area contributed by atoms with Crippen molar-refractivity contribution in [3.63, 3.8) is 0 Å².